The average molecular weight is 354 g/mol. The topological polar surface area (TPSA) is 27.8 Å². The molecule has 0 fully saturated rings. The lowest BCUT2D eigenvalue weighted by Gasteiger charge is -2.20. The second-order valence-electron chi connectivity index (χ2n) is 6.35. The van der Waals surface area contributed by atoms with Crippen molar-refractivity contribution in [2.75, 3.05) is 5.32 Å². The van der Waals surface area contributed by atoms with Crippen molar-refractivity contribution >= 4 is 27.5 Å². The molecule has 0 amide bonds. The number of anilines is 1. The van der Waals surface area contributed by atoms with E-state index in [-0.39, 0.29) is 0 Å². The van der Waals surface area contributed by atoms with Crippen molar-refractivity contribution in [2.45, 2.75) is 19.1 Å². The van der Waals surface area contributed by atoms with Gasteiger partial charge in [0.15, 0.2) is 0 Å². The quantitative estimate of drug-likeness (QED) is 0.441. The fourth-order valence-corrected chi connectivity index (χ4v) is 3.26. The number of H-pyrrole nitrogens is 1. The summed E-state index contributed by atoms with van der Waals surface area (Å²) in [5.74, 6) is 0. The van der Waals surface area contributed by atoms with E-state index in [0.717, 1.165) is 39.9 Å². The van der Waals surface area contributed by atoms with E-state index < -0.39 is 12.2 Å². The van der Waals surface area contributed by atoms with Gasteiger partial charge in [0.1, 0.15) is 6.04 Å². The minimum Gasteiger partial charge on any atom is -0.374 e. The lowest BCUT2D eigenvalue weighted by molar-refractivity contribution is -0.138. The normalized spacial score (nSPS) is 13.2. The van der Waals surface area contributed by atoms with Crippen LogP contribution in [0.2, 0.25) is 0 Å². The fraction of sp³-hybridized carbons (Fsp3) is 0.143. The van der Waals surface area contributed by atoms with E-state index in [4.69, 9.17) is 0 Å². The van der Waals surface area contributed by atoms with E-state index in [0.29, 0.717) is 5.69 Å². The predicted molar refractivity (Wildman–Crippen MR) is 100 cm³/mol. The first-order chi connectivity index (χ1) is 12.4. The Kier molecular flexibility index (Phi) is 3.87. The number of benzene rings is 3. The van der Waals surface area contributed by atoms with Gasteiger partial charge in [0.2, 0.25) is 0 Å². The van der Waals surface area contributed by atoms with Crippen LogP contribution in [0.3, 0.4) is 0 Å². The van der Waals surface area contributed by atoms with E-state index in [9.17, 15) is 13.2 Å². The van der Waals surface area contributed by atoms with Gasteiger partial charge in [0, 0.05) is 33.1 Å². The highest BCUT2D eigenvalue weighted by molar-refractivity contribution is 6.12. The van der Waals surface area contributed by atoms with Gasteiger partial charge in [-0.3, -0.25) is 0 Å². The molecule has 132 valence electrons. The maximum absolute atomic E-state index is 13.0. The van der Waals surface area contributed by atoms with Gasteiger partial charge in [0.25, 0.3) is 0 Å². The molecule has 1 heterocycles. The van der Waals surface area contributed by atoms with Crippen molar-refractivity contribution in [2.24, 2.45) is 0 Å². The van der Waals surface area contributed by atoms with E-state index in [1.54, 1.807) is 12.1 Å². The number of alkyl halides is 3. The van der Waals surface area contributed by atoms with Crippen LogP contribution in [0.5, 0.6) is 0 Å². The van der Waals surface area contributed by atoms with E-state index in [1.807, 2.05) is 54.6 Å². The van der Waals surface area contributed by atoms with Gasteiger partial charge in [-0.2, -0.15) is 13.2 Å². The van der Waals surface area contributed by atoms with Crippen LogP contribution in [-0.2, 0) is 0 Å². The van der Waals surface area contributed by atoms with Crippen LogP contribution in [0, 0.1) is 0 Å². The highest BCUT2D eigenvalue weighted by Gasteiger charge is 2.36. The molecule has 0 saturated heterocycles. The molecule has 0 aliphatic carbocycles. The number of rotatable bonds is 3. The number of hydrogen-bond acceptors (Lipinski definition) is 1. The summed E-state index contributed by atoms with van der Waals surface area (Å²) >= 11 is 0. The number of aromatic nitrogens is 1. The molecular formula is C21H17F3N2. The van der Waals surface area contributed by atoms with Gasteiger partial charge in [0.05, 0.1) is 5.52 Å². The fourth-order valence-electron chi connectivity index (χ4n) is 3.26. The molecule has 1 atom stereocenters. The zero-order valence-corrected chi connectivity index (χ0v) is 14.1. The van der Waals surface area contributed by atoms with E-state index in [2.05, 4.69) is 10.3 Å². The molecule has 2 N–H and O–H groups in total. The molecule has 0 aliphatic rings. The molecule has 0 radical (unpaired) electrons. The Bertz CT molecular complexity index is 1080. The van der Waals surface area contributed by atoms with Crippen molar-refractivity contribution in [3.05, 3.63) is 66.7 Å². The van der Waals surface area contributed by atoms with Crippen LogP contribution in [0.1, 0.15) is 6.92 Å². The molecule has 2 nitrogen and oxygen atoms in total. The van der Waals surface area contributed by atoms with Crippen LogP contribution in [0.15, 0.2) is 66.7 Å². The van der Waals surface area contributed by atoms with Gasteiger partial charge < -0.3 is 10.3 Å². The Morgan fingerprint density at radius 1 is 0.808 bits per heavy atom. The minimum atomic E-state index is -4.31. The summed E-state index contributed by atoms with van der Waals surface area (Å²) in [4.78, 5) is 3.41. The third kappa shape index (κ3) is 2.79. The summed E-state index contributed by atoms with van der Waals surface area (Å²) < 4.78 is 39.0. The van der Waals surface area contributed by atoms with Crippen molar-refractivity contribution in [1.82, 2.24) is 4.98 Å². The third-order valence-corrected chi connectivity index (χ3v) is 4.62. The van der Waals surface area contributed by atoms with Gasteiger partial charge >= 0.3 is 6.18 Å². The largest absolute Gasteiger partial charge is 0.408 e. The minimum absolute atomic E-state index is 0.462. The Hall–Kier alpha value is -2.95. The average Bonchev–Trinajstić information content (AvgIpc) is 3.00. The summed E-state index contributed by atoms with van der Waals surface area (Å²) in [6, 6.07) is 19.3. The Morgan fingerprint density at radius 3 is 2.27 bits per heavy atom. The summed E-state index contributed by atoms with van der Waals surface area (Å²) in [7, 11) is 0. The third-order valence-electron chi connectivity index (χ3n) is 4.62. The SMILES string of the molecule is CC(Nc1ccccc1-c1cccc2c1[nH]c1ccccc12)C(F)(F)F. The Morgan fingerprint density at radius 2 is 1.46 bits per heavy atom. The number of hydrogen-bond donors (Lipinski definition) is 2. The number of aromatic amines is 1. The van der Waals surface area contributed by atoms with E-state index >= 15 is 0 Å². The maximum Gasteiger partial charge on any atom is 0.408 e. The van der Waals surface area contributed by atoms with Crippen molar-refractivity contribution in [1.29, 1.82) is 0 Å². The number of nitrogens with one attached hydrogen (secondary N) is 2. The first kappa shape index (κ1) is 16.5. The van der Waals surface area contributed by atoms with Gasteiger partial charge in [-0.1, -0.05) is 54.6 Å². The molecule has 26 heavy (non-hydrogen) atoms. The monoisotopic (exact) mass is 354 g/mol. The second kappa shape index (κ2) is 6.09. The summed E-state index contributed by atoms with van der Waals surface area (Å²) in [6.45, 7) is 1.13. The zero-order chi connectivity index (χ0) is 18.3. The standard InChI is InChI=1S/C21H17F3N2/c1-13(21(22,23)24)25-18-11-4-2-7-14(18)16-9-6-10-17-15-8-3-5-12-19(15)26-20(16)17/h2-13,25-26H,1H3. The van der Waals surface area contributed by atoms with Gasteiger partial charge in [-0.25, -0.2) is 0 Å². The zero-order valence-electron chi connectivity index (χ0n) is 14.1. The molecule has 1 unspecified atom stereocenters. The molecule has 4 rings (SSSR count). The Labute approximate surface area is 148 Å². The molecule has 3 aromatic carbocycles. The lowest BCUT2D eigenvalue weighted by atomic mass is 10.00. The summed E-state index contributed by atoms with van der Waals surface area (Å²) in [5.41, 5.74) is 3.99. The van der Waals surface area contributed by atoms with Crippen LogP contribution < -0.4 is 5.32 Å². The molecule has 0 aliphatic heterocycles. The highest BCUT2D eigenvalue weighted by atomic mass is 19.4. The maximum atomic E-state index is 13.0. The van der Waals surface area contributed by atoms with Gasteiger partial charge in [-0.05, 0) is 19.1 Å². The van der Waals surface area contributed by atoms with Crippen molar-refractivity contribution in [3.8, 4) is 11.1 Å². The molecule has 5 heteroatoms. The summed E-state index contributed by atoms with van der Waals surface area (Å²) in [6.07, 6.45) is -4.31. The number of fused-ring (bicyclic) bond motifs is 3. The van der Waals surface area contributed by atoms with E-state index in [1.165, 1.54) is 0 Å². The number of para-hydroxylation sites is 3. The lowest BCUT2D eigenvalue weighted by Crippen LogP contribution is -2.33. The predicted octanol–water partition coefficient (Wildman–Crippen LogP) is 6.35. The Balaban J connectivity index is 1.89. The first-order valence-corrected chi connectivity index (χ1v) is 8.37. The second-order valence-corrected chi connectivity index (χ2v) is 6.35. The van der Waals surface area contributed by atoms with Crippen LogP contribution in [-0.4, -0.2) is 17.2 Å². The smallest absolute Gasteiger partial charge is 0.374 e. The first-order valence-electron chi connectivity index (χ1n) is 8.37. The van der Waals surface area contributed by atoms with Crippen molar-refractivity contribution in [3.63, 3.8) is 0 Å². The molecular weight excluding hydrogens is 337 g/mol. The molecule has 0 saturated carbocycles. The molecule has 4 aromatic rings. The molecule has 0 bridgehead atoms. The molecule has 1 aromatic heterocycles. The van der Waals surface area contributed by atoms with Crippen molar-refractivity contribution < 1.29 is 13.2 Å². The number of halogens is 3. The highest BCUT2D eigenvalue weighted by Crippen LogP contribution is 2.37. The summed E-state index contributed by atoms with van der Waals surface area (Å²) in [5, 5.41) is 4.76. The van der Waals surface area contributed by atoms with Gasteiger partial charge in [-0.15, -0.1) is 0 Å². The van der Waals surface area contributed by atoms with Crippen LogP contribution in [0.25, 0.3) is 32.9 Å². The molecule has 0 spiro atoms. The van der Waals surface area contributed by atoms with Crippen LogP contribution >= 0.6 is 0 Å². The van der Waals surface area contributed by atoms with Crippen LogP contribution in [0.4, 0.5) is 18.9 Å².